The fourth-order valence-corrected chi connectivity index (χ4v) is 4.64. The van der Waals surface area contributed by atoms with Gasteiger partial charge >= 0.3 is 6.18 Å². The lowest BCUT2D eigenvalue weighted by Crippen LogP contribution is -2.61. The highest BCUT2D eigenvalue weighted by atomic mass is 32.2. The summed E-state index contributed by atoms with van der Waals surface area (Å²) in [6.45, 7) is 0. The van der Waals surface area contributed by atoms with E-state index in [9.17, 15) is 13.2 Å². The van der Waals surface area contributed by atoms with Crippen molar-refractivity contribution in [2.75, 3.05) is 12.5 Å². The van der Waals surface area contributed by atoms with Crippen LogP contribution < -0.4 is 11.5 Å². The number of benzene rings is 2. The Morgan fingerprint density at radius 1 is 0.929 bits per heavy atom. The first kappa shape index (κ1) is 20.8. The number of amidine groups is 1. The Morgan fingerprint density at radius 2 is 1.50 bits per heavy atom. The third kappa shape index (κ3) is 3.21. The van der Waals surface area contributed by atoms with Crippen molar-refractivity contribution >= 4 is 35.1 Å². The summed E-state index contributed by atoms with van der Waals surface area (Å²) in [5.74, 6) is -0.602. The molecular formula is C19H19F3N4S2. The Morgan fingerprint density at radius 3 is 2.11 bits per heavy atom. The van der Waals surface area contributed by atoms with Crippen molar-refractivity contribution in [1.82, 2.24) is 0 Å². The SMILES string of the molecule is CSc1ccccc1C1=NC(N)N=C(N)C1(c1ccccc1SC)C(F)(F)F. The highest BCUT2D eigenvalue weighted by Gasteiger charge is 2.64. The van der Waals surface area contributed by atoms with E-state index in [0.717, 1.165) is 0 Å². The molecule has 0 spiro atoms. The third-order valence-corrected chi connectivity index (χ3v) is 6.16. The molecule has 1 aliphatic rings. The van der Waals surface area contributed by atoms with Gasteiger partial charge in [-0.2, -0.15) is 13.2 Å². The van der Waals surface area contributed by atoms with E-state index >= 15 is 0 Å². The second-order valence-corrected chi connectivity index (χ2v) is 7.75. The van der Waals surface area contributed by atoms with Crippen LogP contribution in [-0.2, 0) is 5.41 Å². The van der Waals surface area contributed by atoms with Crippen LogP contribution in [0.1, 0.15) is 11.1 Å². The molecule has 1 heterocycles. The summed E-state index contributed by atoms with van der Waals surface area (Å²) < 4.78 is 44.5. The van der Waals surface area contributed by atoms with E-state index in [1.165, 1.54) is 29.6 Å². The topological polar surface area (TPSA) is 76.8 Å². The summed E-state index contributed by atoms with van der Waals surface area (Å²) in [5, 5.41) is 0. The maximum Gasteiger partial charge on any atom is 0.410 e. The van der Waals surface area contributed by atoms with Gasteiger partial charge in [-0.3, -0.25) is 5.73 Å². The molecule has 4 N–H and O–H groups in total. The summed E-state index contributed by atoms with van der Waals surface area (Å²) in [4.78, 5) is 9.10. The van der Waals surface area contributed by atoms with Crippen molar-refractivity contribution < 1.29 is 13.2 Å². The number of thioether (sulfide) groups is 2. The van der Waals surface area contributed by atoms with Crippen molar-refractivity contribution in [3.05, 3.63) is 59.7 Å². The van der Waals surface area contributed by atoms with Crippen LogP contribution in [0.5, 0.6) is 0 Å². The molecule has 2 unspecified atom stereocenters. The van der Waals surface area contributed by atoms with E-state index < -0.39 is 23.7 Å². The Balaban J connectivity index is 2.44. The zero-order valence-corrected chi connectivity index (χ0v) is 16.8. The molecule has 1 aliphatic heterocycles. The zero-order valence-electron chi connectivity index (χ0n) is 15.2. The van der Waals surface area contributed by atoms with Crippen LogP contribution in [0.4, 0.5) is 13.2 Å². The van der Waals surface area contributed by atoms with Gasteiger partial charge in [0.1, 0.15) is 5.84 Å². The predicted molar refractivity (Wildman–Crippen MR) is 110 cm³/mol. The average Bonchev–Trinajstić information content (AvgIpc) is 2.66. The highest BCUT2D eigenvalue weighted by molar-refractivity contribution is 7.99. The molecule has 2 aromatic carbocycles. The minimum absolute atomic E-state index is 0.00203. The molecule has 0 aliphatic carbocycles. The lowest BCUT2D eigenvalue weighted by molar-refractivity contribution is -0.152. The number of halogens is 3. The summed E-state index contributed by atoms with van der Waals surface area (Å²) in [6, 6.07) is 13.1. The van der Waals surface area contributed by atoms with Crippen LogP contribution in [0.2, 0.25) is 0 Å². The van der Waals surface area contributed by atoms with Crippen LogP contribution >= 0.6 is 23.5 Å². The van der Waals surface area contributed by atoms with Gasteiger partial charge in [0.2, 0.25) is 0 Å². The van der Waals surface area contributed by atoms with Crippen molar-refractivity contribution in [1.29, 1.82) is 0 Å². The average molecular weight is 425 g/mol. The maximum absolute atomic E-state index is 14.8. The monoisotopic (exact) mass is 424 g/mol. The highest BCUT2D eigenvalue weighted by Crippen LogP contribution is 2.49. The lowest BCUT2D eigenvalue weighted by atomic mass is 9.71. The van der Waals surface area contributed by atoms with Gasteiger partial charge in [-0.1, -0.05) is 36.4 Å². The fourth-order valence-electron chi connectivity index (χ4n) is 3.38. The molecule has 0 saturated heterocycles. The zero-order chi connectivity index (χ0) is 20.5. The molecule has 0 fully saturated rings. The molecule has 0 aromatic heterocycles. The number of aliphatic imine (C=N–C) groups is 2. The molecule has 148 valence electrons. The summed E-state index contributed by atoms with van der Waals surface area (Å²) >= 11 is 2.54. The molecule has 28 heavy (non-hydrogen) atoms. The number of rotatable bonds is 4. The van der Waals surface area contributed by atoms with E-state index in [4.69, 9.17) is 11.5 Å². The minimum Gasteiger partial charge on any atom is -0.386 e. The van der Waals surface area contributed by atoms with E-state index in [-0.39, 0.29) is 11.3 Å². The van der Waals surface area contributed by atoms with Crippen molar-refractivity contribution in [2.45, 2.75) is 27.7 Å². The summed E-state index contributed by atoms with van der Waals surface area (Å²) in [5.41, 5.74) is 9.27. The Bertz CT molecular complexity index is 943. The van der Waals surface area contributed by atoms with Gasteiger partial charge in [-0.05, 0) is 30.2 Å². The standard InChI is InChI=1S/C19H19F3N4S2/c1-27-13-9-5-3-7-11(13)15-18(19(20,21)22,16(23)26-17(24)25-15)12-8-4-6-10-14(12)28-2/h3-10,17H,24H2,1-2H3,(H2,23,26). The second kappa shape index (κ2) is 7.81. The smallest absolute Gasteiger partial charge is 0.386 e. The lowest BCUT2D eigenvalue weighted by Gasteiger charge is -2.40. The summed E-state index contributed by atoms with van der Waals surface area (Å²) in [6.07, 6.45) is -2.46. The van der Waals surface area contributed by atoms with E-state index in [0.29, 0.717) is 15.4 Å². The first-order chi connectivity index (χ1) is 13.3. The van der Waals surface area contributed by atoms with Crippen molar-refractivity contribution in [2.24, 2.45) is 21.5 Å². The normalized spacial score (nSPS) is 22.6. The van der Waals surface area contributed by atoms with E-state index in [1.807, 2.05) is 0 Å². The maximum atomic E-state index is 14.8. The van der Waals surface area contributed by atoms with Gasteiger partial charge in [0.15, 0.2) is 11.7 Å². The first-order valence-electron chi connectivity index (χ1n) is 8.28. The van der Waals surface area contributed by atoms with Crippen LogP contribution in [0.15, 0.2) is 68.3 Å². The number of hydrogen-bond donors (Lipinski definition) is 2. The Hall–Kier alpha value is -1.97. The predicted octanol–water partition coefficient (Wildman–Crippen LogP) is 4.03. The number of nitrogens with zero attached hydrogens (tertiary/aromatic N) is 2. The van der Waals surface area contributed by atoms with Gasteiger partial charge in [0.25, 0.3) is 0 Å². The molecule has 4 nitrogen and oxygen atoms in total. The third-order valence-electron chi connectivity index (χ3n) is 4.57. The molecule has 0 saturated carbocycles. The van der Waals surface area contributed by atoms with Gasteiger partial charge in [0, 0.05) is 15.4 Å². The van der Waals surface area contributed by atoms with E-state index in [1.54, 1.807) is 55.0 Å². The quantitative estimate of drug-likeness (QED) is 0.727. The summed E-state index contributed by atoms with van der Waals surface area (Å²) in [7, 11) is 0. The van der Waals surface area contributed by atoms with Gasteiger partial charge in [0.05, 0.1) is 5.71 Å². The molecule has 0 amide bonds. The number of alkyl halides is 3. The number of nitrogens with two attached hydrogens (primary N) is 2. The Kier molecular flexibility index (Phi) is 5.79. The van der Waals surface area contributed by atoms with Crippen LogP contribution in [0.25, 0.3) is 0 Å². The first-order valence-corrected chi connectivity index (χ1v) is 10.7. The minimum atomic E-state index is -4.78. The molecule has 2 atom stereocenters. The Labute approximate surface area is 169 Å². The molecular weight excluding hydrogens is 405 g/mol. The van der Waals surface area contributed by atoms with E-state index in [2.05, 4.69) is 9.98 Å². The molecule has 0 radical (unpaired) electrons. The molecule has 0 bridgehead atoms. The second-order valence-electron chi connectivity index (χ2n) is 6.05. The van der Waals surface area contributed by atoms with Crippen LogP contribution in [0, 0.1) is 0 Å². The van der Waals surface area contributed by atoms with Crippen LogP contribution in [0.3, 0.4) is 0 Å². The number of hydrogen-bond acceptors (Lipinski definition) is 6. The fraction of sp³-hybridized carbons (Fsp3) is 0.263. The largest absolute Gasteiger partial charge is 0.410 e. The molecule has 3 rings (SSSR count). The van der Waals surface area contributed by atoms with Crippen molar-refractivity contribution in [3.63, 3.8) is 0 Å². The van der Waals surface area contributed by atoms with Crippen molar-refractivity contribution in [3.8, 4) is 0 Å². The van der Waals surface area contributed by atoms with Gasteiger partial charge < -0.3 is 5.73 Å². The van der Waals surface area contributed by atoms with Gasteiger partial charge in [-0.15, -0.1) is 23.5 Å². The molecule has 2 aromatic rings. The van der Waals surface area contributed by atoms with Crippen LogP contribution in [-0.4, -0.2) is 36.5 Å². The molecule has 9 heteroatoms. The van der Waals surface area contributed by atoms with Gasteiger partial charge in [-0.25, -0.2) is 9.98 Å².